The Morgan fingerprint density at radius 1 is 1.41 bits per heavy atom. The molecule has 2 aromatic rings. The summed E-state index contributed by atoms with van der Waals surface area (Å²) < 4.78 is 22.1. The SMILES string of the molecule is Fc1nn(C2CCCCO2)c2ccc(I)cc12. The van der Waals surface area contributed by atoms with Crippen LogP contribution in [-0.2, 0) is 4.74 Å². The van der Waals surface area contributed by atoms with E-state index in [1.165, 1.54) is 0 Å². The minimum absolute atomic E-state index is 0.115. The quantitative estimate of drug-likeness (QED) is 0.740. The van der Waals surface area contributed by atoms with Crippen molar-refractivity contribution in [3.8, 4) is 0 Å². The van der Waals surface area contributed by atoms with Gasteiger partial charge in [0, 0.05) is 10.2 Å². The first-order chi connectivity index (χ1) is 8.25. The van der Waals surface area contributed by atoms with E-state index in [0.717, 1.165) is 35.0 Å². The van der Waals surface area contributed by atoms with E-state index in [2.05, 4.69) is 27.7 Å². The molecule has 2 heterocycles. The van der Waals surface area contributed by atoms with Crippen molar-refractivity contribution < 1.29 is 9.13 Å². The van der Waals surface area contributed by atoms with Gasteiger partial charge in [-0.25, -0.2) is 4.68 Å². The Morgan fingerprint density at radius 2 is 2.29 bits per heavy atom. The fourth-order valence-electron chi connectivity index (χ4n) is 2.21. The minimum atomic E-state index is -0.410. The largest absolute Gasteiger partial charge is 0.356 e. The number of aromatic nitrogens is 2. The summed E-state index contributed by atoms with van der Waals surface area (Å²) in [6.07, 6.45) is 2.98. The molecule has 0 radical (unpaired) electrons. The number of rotatable bonds is 1. The molecule has 1 unspecified atom stereocenters. The van der Waals surface area contributed by atoms with Crippen LogP contribution in [0.1, 0.15) is 25.5 Å². The molecular formula is C12H12FIN2O. The molecule has 1 aromatic carbocycles. The van der Waals surface area contributed by atoms with E-state index in [0.29, 0.717) is 5.39 Å². The van der Waals surface area contributed by atoms with Crippen LogP contribution in [0, 0.1) is 9.52 Å². The topological polar surface area (TPSA) is 27.1 Å². The highest BCUT2D eigenvalue weighted by atomic mass is 127. The summed E-state index contributed by atoms with van der Waals surface area (Å²) in [6.45, 7) is 0.734. The smallest absolute Gasteiger partial charge is 0.240 e. The van der Waals surface area contributed by atoms with Gasteiger partial charge in [0.15, 0.2) is 6.23 Å². The molecule has 3 nitrogen and oxygen atoms in total. The molecule has 0 aliphatic carbocycles. The number of ether oxygens (including phenoxy) is 1. The average molecular weight is 346 g/mol. The zero-order valence-corrected chi connectivity index (χ0v) is 11.4. The Balaban J connectivity index is 2.10. The van der Waals surface area contributed by atoms with Gasteiger partial charge in [0.05, 0.1) is 10.9 Å². The second-order valence-electron chi connectivity index (χ2n) is 4.22. The molecule has 90 valence electrons. The molecule has 1 fully saturated rings. The van der Waals surface area contributed by atoms with Crippen molar-refractivity contribution in [1.29, 1.82) is 0 Å². The standard InChI is InChI=1S/C12H12FIN2O/c13-12-9-7-8(14)4-5-10(9)16(15-12)11-3-1-2-6-17-11/h4-5,7,11H,1-3,6H2. The van der Waals surface area contributed by atoms with Gasteiger partial charge in [-0.15, -0.1) is 5.10 Å². The molecule has 0 spiro atoms. The average Bonchev–Trinajstić information content (AvgIpc) is 2.68. The Bertz CT molecular complexity index is 549. The highest BCUT2D eigenvalue weighted by molar-refractivity contribution is 14.1. The van der Waals surface area contributed by atoms with Gasteiger partial charge in [-0.3, -0.25) is 0 Å². The van der Waals surface area contributed by atoms with Crippen molar-refractivity contribution in [2.45, 2.75) is 25.5 Å². The summed E-state index contributed by atoms with van der Waals surface area (Å²) in [7, 11) is 0. The fraction of sp³-hybridized carbons (Fsp3) is 0.417. The fourth-order valence-corrected chi connectivity index (χ4v) is 2.70. The molecule has 0 bridgehead atoms. The zero-order valence-electron chi connectivity index (χ0n) is 9.20. The monoisotopic (exact) mass is 346 g/mol. The molecule has 17 heavy (non-hydrogen) atoms. The lowest BCUT2D eigenvalue weighted by molar-refractivity contribution is -0.0375. The van der Waals surface area contributed by atoms with E-state index in [-0.39, 0.29) is 6.23 Å². The number of hydrogen-bond donors (Lipinski definition) is 0. The molecule has 0 amide bonds. The third-order valence-electron chi connectivity index (χ3n) is 3.05. The molecular weight excluding hydrogens is 334 g/mol. The van der Waals surface area contributed by atoms with Gasteiger partial charge >= 0.3 is 0 Å². The van der Waals surface area contributed by atoms with Crippen LogP contribution < -0.4 is 0 Å². The predicted molar refractivity (Wildman–Crippen MR) is 71.2 cm³/mol. The van der Waals surface area contributed by atoms with E-state index < -0.39 is 5.95 Å². The van der Waals surface area contributed by atoms with Crippen LogP contribution in [0.15, 0.2) is 18.2 Å². The molecule has 5 heteroatoms. The van der Waals surface area contributed by atoms with Crippen molar-refractivity contribution in [3.63, 3.8) is 0 Å². The third-order valence-corrected chi connectivity index (χ3v) is 3.72. The number of hydrogen-bond acceptors (Lipinski definition) is 2. The minimum Gasteiger partial charge on any atom is -0.356 e. The van der Waals surface area contributed by atoms with Crippen LogP contribution in [0.5, 0.6) is 0 Å². The second-order valence-corrected chi connectivity index (χ2v) is 5.46. The molecule has 1 saturated heterocycles. The van der Waals surface area contributed by atoms with Crippen LogP contribution in [0.25, 0.3) is 10.9 Å². The summed E-state index contributed by atoms with van der Waals surface area (Å²) in [4.78, 5) is 0. The molecule has 3 rings (SSSR count). The first-order valence-electron chi connectivity index (χ1n) is 5.70. The molecule has 0 N–H and O–H groups in total. The maximum atomic E-state index is 13.8. The predicted octanol–water partition coefficient (Wildman–Crippen LogP) is 3.48. The lowest BCUT2D eigenvalue weighted by atomic mass is 10.2. The van der Waals surface area contributed by atoms with Crippen molar-refractivity contribution >= 4 is 33.5 Å². The molecule has 1 atom stereocenters. The Morgan fingerprint density at radius 3 is 3.06 bits per heavy atom. The van der Waals surface area contributed by atoms with Crippen molar-refractivity contribution in [3.05, 3.63) is 27.7 Å². The summed E-state index contributed by atoms with van der Waals surface area (Å²) in [6, 6.07) is 5.69. The lowest BCUT2D eigenvalue weighted by Crippen LogP contribution is -2.19. The maximum absolute atomic E-state index is 13.8. The normalized spacial score (nSPS) is 20.9. The summed E-state index contributed by atoms with van der Waals surface area (Å²) in [5, 5.41) is 4.55. The highest BCUT2D eigenvalue weighted by Gasteiger charge is 2.20. The Labute approximate surface area is 112 Å². The van der Waals surface area contributed by atoms with Gasteiger partial charge in [0.2, 0.25) is 5.95 Å². The Kier molecular flexibility index (Phi) is 3.04. The molecule has 1 aliphatic heterocycles. The Hall–Kier alpha value is -0.690. The summed E-state index contributed by atoms with van der Waals surface area (Å²) >= 11 is 2.17. The lowest BCUT2D eigenvalue weighted by Gasteiger charge is -2.23. The summed E-state index contributed by atoms with van der Waals surface area (Å²) in [5.74, 6) is -0.410. The number of benzene rings is 1. The van der Waals surface area contributed by atoms with Crippen LogP contribution in [-0.4, -0.2) is 16.4 Å². The number of fused-ring (bicyclic) bond motifs is 1. The van der Waals surface area contributed by atoms with Crippen molar-refractivity contribution in [1.82, 2.24) is 9.78 Å². The summed E-state index contributed by atoms with van der Waals surface area (Å²) in [5.41, 5.74) is 0.815. The van der Waals surface area contributed by atoms with E-state index in [1.54, 1.807) is 4.68 Å². The van der Waals surface area contributed by atoms with Gasteiger partial charge < -0.3 is 4.74 Å². The van der Waals surface area contributed by atoms with Gasteiger partial charge in [0.1, 0.15) is 0 Å². The van der Waals surface area contributed by atoms with Crippen LogP contribution in [0.3, 0.4) is 0 Å². The molecule has 1 aromatic heterocycles. The zero-order chi connectivity index (χ0) is 11.8. The first kappa shape index (κ1) is 11.4. The van der Waals surface area contributed by atoms with Crippen LogP contribution in [0.2, 0.25) is 0 Å². The van der Waals surface area contributed by atoms with E-state index in [1.807, 2.05) is 18.2 Å². The van der Waals surface area contributed by atoms with E-state index in [9.17, 15) is 4.39 Å². The van der Waals surface area contributed by atoms with Crippen molar-refractivity contribution in [2.24, 2.45) is 0 Å². The third kappa shape index (κ3) is 2.06. The van der Waals surface area contributed by atoms with Crippen LogP contribution in [0.4, 0.5) is 4.39 Å². The molecule has 0 saturated carbocycles. The van der Waals surface area contributed by atoms with E-state index in [4.69, 9.17) is 4.74 Å². The number of halogens is 2. The maximum Gasteiger partial charge on any atom is 0.240 e. The number of nitrogens with zero attached hydrogens (tertiary/aromatic N) is 2. The van der Waals surface area contributed by atoms with E-state index >= 15 is 0 Å². The van der Waals surface area contributed by atoms with Gasteiger partial charge in [-0.2, -0.15) is 4.39 Å². The van der Waals surface area contributed by atoms with Gasteiger partial charge in [-0.05, 0) is 60.1 Å². The highest BCUT2D eigenvalue weighted by Crippen LogP contribution is 2.28. The first-order valence-corrected chi connectivity index (χ1v) is 6.78. The van der Waals surface area contributed by atoms with Gasteiger partial charge in [-0.1, -0.05) is 0 Å². The van der Waals surface area contributed by atoms with Crippen molar-refractivity contribution in [2.75, 3.05) is 6.61 Å². The second kappa shape index (κ2) is 4.53. The molecule has 1 aliphatic rings. The van der Waals surface area contributed by atoms with Crippen LogP contribution >= 0.6 is 22.6 Å². The van der Waals surface area contributed by atoms with Gasteiger partial charge in [0.25, 0.3) is 0 Å².